The molecular formula is C14H11Cl3N2O2. The van der Waals surface area contributed by atoms with Gasteiger partial charge >= 0.3 is 0 Å². The second kappa shape index (κ2) is 5.52. The minimum Gasteiger partial charge on any atom is -0.286 e. The van der Waals surface area contributed by atoms with Crippen LogP contribution in [-0.2, 0) is 9.59 Å². The fourth-order valence-electron chi connectivity index (χ4n) is 2.67. The van der Waals surface area contributed by atoms with Crippen LogP contribution in [0, 0.1) is 11.8 Å². The average molecular weight is 346 g/mol. The van der Waals surface area contributed by atoms with Gasteiger partial charge in [-0.2, -0.15) is 5.01 Å². The fraction of sp³-hybridized carbons (Fsp3) is 0.286. The number of carbonyl (C=O) groups is 2. The van der Waals surface area contributed by atoms with Crippen molar-refractivity contribution in [2.45, 2.75) is 12.8 Å². The minimum absolute atomic E-state index is 0.251. The van der Waals surface area contributed by atoms with Gasteiger partial charge in [-0.1, -0.05) is 47.0 Å². The first-order valence-corrected chi connectivity index (χ1v) is 7.56. The van der Waals surface area contributed by atoms with Gasteiger partial charge in [0.1, 0.15) is 0 Å². The normalized spacial score (nSPS) is 24.4. The maximum atomic E-state index is 12.3. The Kier molecular flexibility index (Phi) is 3.86. The van der Waals surface area contributed by atoms with Crippen molar-refractivity contribution in [3.05, 3.63) is 39.4 Å². The predicted octanol–water partition coefficient (Wildman–Crippen LogP) is 3.92. The van der Waals surface area contributed by atoms with Crippen LogP contribution in [0.1, 0.15) is 12.8 Å². The number of anilines is 1. The lowest BCUT2D eigenvalue weighted by Crippen LogP contribution is -2.36. The summed E-state index contributed by atoms with van der Waals surface area (Å²) in [6, 6.07) is 2.99. The number of nitrogens with one attached hydrogen (secondary N) is 1. The van der Waals surface area contributed by atoms with Crippen molar-refractivity contribution in [1.29, 1.82) is 0 Å². The molecule has 1 aromatic carbocycles. The molecule has 110 valence electrons. The molecule has 1 aliphatic carbocycles. The van der Waals surface area contributed by atoms with Crippen molar-refractivity contribution in [2.24, 2.45) is 11.8 Å². The molecule has 21 heavy (non-hydrogen) atoms. The van der Waals surface area contributed by atoms with Crippen LogP contribution >= 0.6 is 34.8 Å². The number of hydrazine groups is 1. The van der Waals surface area contributed by atoms with Gasteiger partial charge in [0, 0.05) is 5.02 Å². The molecule has 1 aromatic rings. The molecule has 0 bridgehead atoms. The van der Waals surface area contributed by atoms with Crippen LogP contribution < -0.4 is 5.43 Å². The first-order valence-electron chi connectivity index (χ1n) is 6.43. The summed E-state index contributed by atoms with van der Waals surface area (Å²) in [6.07, 6.45) is 5.02. The van der Waals surface area contributed by atoms with Gasteiger partial charge < -0.3 is 0 Å². The van der Waals surface area contributed by atoms with Gasteiger partial charge in [0.25, 0.3) is 11.8 Å². The van der Waals surface area contributed by atoms with E-state index in [1.54, 1.807) is 0 Å². The average Bonchev–Trinajstić information content (AvgIpc) is 2.67. The third-order valence-corrected chi connectivity index (χ3v) is 4.55. The first kappa shape index (κ1) is 14.7. The van der Waals surface area contributed by atoms with Crippen molar-refractivity contribution in [3.8, 4) is 0 Å². The number of hydrogen-bond donors (Lipinski definition) is 1. The summed E-state index contributed by atoms with van der Waals surface area (Å²) in [5.41, 5.74) is 3.05. The standard InChI is InChI=1S/C14H11Cl3N2O2/c15-7-5-10(16)12(11(17)6-7)18-19-13(20)8-3-1-2-4-9(8)14(19)21/h1-2,5-6,8-9,18H,3-4H2/t8-,9-/m1/s1. The lowest BCUT2D eigenvalue weighted by molar-refractivity contribution is -0.138. The van der Waals surface area contributed by atoms with E-state index in [-0.39, 0.29) is 33.7 Å². The van der Waals surface area contributed by atoms with Crippen LogP contribution in [0.4, 0.5) is 5.69 Å². The van der Waals surface area contributed by atoms with E-state index in [0.29, 0.717) is 23.6 Å². The number of rotatable bonds is 2. The van der Waals surface area contributed by atoms with Crippen molar-refractivity contribution >= 4 is 52.3 Å². The number of amides is 2. The second-order valence-corrected chi connectivity index (χ2v) is 6.27. The molecule has 2 atom stereocenters. The summed E-state index contributed by atoms with van der Waals surface area (Å²) in [7, 11) is 0. The zero-order valence-corrected chi connectivity index (χ0v) is 13.0. The number of carbonyl (C=O) groups excluding carboxylic acids is 2. The van der Waals surface area contributed by atoms with Crippen LogP contribution in [0.3, 0.4) is 0 Å². The lowest BCUT2D eigenvalue weighted by Gasteiger charge is -2.19. The van der Waals surface area contributed by atoms with Crippen LogP contribution in [-0.4, -0.2) is 16.8 Å². The maximum Gasteiger partial charge on any atom is 0.252 e. The van der Waals surface area contributed by atoms with E-state index in [1.807, 2.05) is 12.2 Å². The van der Waals surface area contributed by atoms with E-state index >= 15 is 0 Å². The number of benzene rings is 1. The van der Waals surface area contributed by atoms with Gasteiger partial charge in [-0.25, -0.2) is 0 Å². The summed E-state index contributed by atoms with van der Waals surface area (Å²) >= 11 is 18.0. The van der Waals surface area contributed by atoms with Gasteiger partial charge in [-0.3, -0.25) is 15.0 Å². The molecule has 2 amide bonds. The van der Waals surface area contributed by atoms with Gasteiger partial charge in [0.15, 0.2) is 0 Å². The van der Waals surface area contributed by atoms with Crippen molar-refractivity contribution in [2.75, 3.05) is 5.43 Å². The Labute approximate surface area is 136 Å². The van der Waals surface area contributed by atoms with Crippen LogP contribution in [0.15, 0.2) is 24.3 Å². The molecule has 1 fully saturated rings. The molecule has 4 nitrogen and oxygen atoms in total. The van der Waals surface area contributed by atoms with E-state index in [4.69, 9.17) is 34.8 Å². The molecule has 7 heteroatoms. The van der Waals surface area contributed by atoms with E-state index in [1.165, 1.54) is 12.1 Å². The Hall–Kier alpha value is -1.23. The number of fused-ring (bicyclic) bond motifs is 1. The molecule has 1 aliphatic heterocycles. The minimum atomic E-state index is -0.306. The van der Waals surface area contributed by atoms with Gasteiger partial charge in [-0.05, 0) is 25.0 Å². The molecular weight excluding hydrogens is 335 g/mol. The second-order valence-electron chi connectivity index (χ2n) is 5.02. The fourth-order valence-corrected chi connectivity index (χ4v) is 3.57. The number of allylic oxidation sites excluding steroid dienone is 2. The molecule has 1 N–H and O–H groups in total. The molecule has 0 unspecified atom stereocenters. The van der Waals surface area contributed by atoms with Gasteiger partial charge in [0.05, 0.1) is 27.6 Å². The highest BCUT2D eigenvalue weighted by molar-refractivity contribution is 6.41. The largest absolute Gasteiger partial charge is 0.286 e. The number of imide groups is 1. The summed E-state index contributed by atoms with van der Waals surface area (Å²) in [6.45, 7) is 0. The van der Waals surface area contributed by atoms with Gasteiger partial charge in [-0.15, -0.1) is 0 Å². The summed E-state index contributed by atoms with van der Waals surface area (Å²) < 4.78 is 0. The van der Waals surface area contributed by atoms with Crippen molar-refractivity contribution in [3.63, 3.8) is 0 Å². The zero-order chi connectivity index (χ0) is 15.1. The van der Waals surface area contributed by atoms with Gasteiger partial charge in [0.2, 0.25) is 0 Å². The highest BCUT2D eigenvalue weighted by Gasteiger charge is 2.47. The third-order valence-electron chi connectivity index (χ3n) is 3.74. The van der Waals surface area contributed by atoms with Crippen molar-refractivity contribution < 1.29 is 9.59 Å². The predicted molar refractivity (Wildman–Crippen MR) is 82.3 cm³/mol. The Morgan fingerprint density at radius 1 is 0.952 bits per heavy atom. The Bertz CT molecular complexity index is 611. The molecule has 3 rings (SSSR count). The van der Waals surface area contributed by atoms with E-state index < -0.39 is 0 Å². The van der Waals surface area contributed by atoms with Crippen molar-refractivity contribution in [1.82, 2.24) is 5.01 Å². The Morgan fingerprint density at radius 2 is 1.43 bits per heavy atom. The summed E-state index contributed by atoms with van der Waals surface area (Å²) in [4.78, 5) is 24.7. The molecule has 0 saturated carbocycles. The van der Waals surface area contributed by atoms with E-state index in [2.05, 4.69) is 5.43 Å². The highest BCUT2D eigenvalue weighted by Crippen LogP contribution is 2.38. The molecule has 0 aromatic heterocycles. The Balaban J connectivity index is 1.89. The molecule has 1 heterocycles. The van der Waals surface area contributed by atoms with Crippen LogP contribution in [0.5, 0.6) is 0 Å². The molecule has 2 aliphatic rings. The number of halogens is 3. The topological polar surface area (TPSA) is 49.4 Å². The number of nitrogens with zero attached hydrogens (tertiary/aromatic N) is 1. The van der Waals surface area contributed by atoms with Crippen LogP contribution in [0.25, 0.3) is 0 Å². The van der Waals surface area contributed by atoms with Crippen LogP contribution in [0.2, 0.25) is 15.1 Å². The van der Waals surface area contributed by atoms with E-state index in [9.17, 15) is 9.59 Å². The number of hydrogen-bond acceptors (Lipinski definition) is 3. The molecule has 1 saturated heterocycles. The Morgan fingerprint density at radius 3 is 1.90 bits per heavy atom. The quantitative estimate of drug-likeness (QED) is 0.653. The third kappa shape index (κ3) is 2.52. The smallest absolute Gasteiger partial charge is 0.252 e. The maximum absolute atomic E-state index is 12.3. The SMILES string of the molecule is O=C1[C@@H]2CC=CC[C@H]2C(=O)N1Nc1c(Cl)cc(Cl)cc1Cl. The highest BCUT2D eigenvalue weighted by atomic mass is 35.5. The van der Waals surface area contributed by atoms with E-state index in [0.717, 1.165) is 5.01 Å². The first-order chi connectivity index (χ1) is 9.99. The zero-order valence-electron chi connectivity index (χ0n) is 10.8. The molecule has 0 radical (unpaired) electrons. The monoisotopic (exact) mass is 344 g/mol. The lowest BCUT2D eigenvalue weighted by atomic mass is 9.85. The summed E-state index contributed by atoms with van der Waals surface area (Å²) in [5, 5.41) is 1.90. The molecule has 0 spiro atoms. The summed E-state index contributed by atoms with van der Waals surface area (Å²) in [5.74, 6) is -1.12.